The van der Waals surface area contributed by atoms with Crippen LogP contribution in [-0.4, -0.2) is 44.8 Å². The van der Waals surface area contributed by atoms with E-state index in [2.05, 4.69) is 34.3 Å². The molecule has 1 aliphatic rings. The van der Waals surface area contributed by atoms with Crippen LogP contribution in [0.25, 0.3) is 11.1 Å². The number of fused-ring (bicyclic) bond motifs is 3. The summed E-state index contributed by atoms with van der Waals surface area (Å²) < 4.78 is 9.98. The fourth-order valence-electron chi connectivity index (χ4n) is 3.20. The summed E-state index contributed by atoms with van der Waals surface area (Å²) in [7, 11) is 1.30. The van der Waals surface area contributed by atoms with Gasteiger partial charge in [0.25, 0.3) is 0 Å². The second-order valence-corrected chi connectivity index (χ2v) is 6.17. The molecule has 2 aromatic rings. The van der Waals surface area contributed by atoms with Gasteiger partial charge >= 0.3 is 11.9 Å². The maximum Gasteiger partial charge on any atom is 0.324 e. The van der Waals surface area contributed by atoms with Crippen LogP contribution >= 0.6 is 12.4 Å². The molecular formula is C20H23ClN2O4. The molecule has 0 aromatic heterocycles. The van der Waals surface area contributed by atoms with Crippen LogP contribution in [0.15, 0.2) is 48.5 Å². The Hall–Kier alpha value is -2.41. The van der Waals surface area contributed by atoms with E-state index >= 15 is 0 Å². The van der Waals surface area contributed by atoms with Crippen molar-refractivity contribution in [2.75, 3.05) is 26.8 Å². The Morgan fingerprint density at radius 1 is 1.07 bits per heavy atom. The summed E-state index contributed by atoms with van der Waals surface area (Å²) in [6.45, 7) is 0.379. The highest BCUT2D eigenvalue weighted by molar-refractivity contribution is 5.85. The van der Waals surface area contributed by atoms with Gasteiger partial charge in [-0.05, 0) is 22.3 Å². The van der Waals surface area contributed by atoms with Crippen molar-refractivity contribution in [1.29, 1.82) is 0 Å². The Morgan fingerprint density at radius 3 is 2.19 bits per heavy atom. The molecule has 0 aliphatic heterocycles. The second-order valence-electron chi connectivity index (χ2n) is 6.17. The summed E-state index contributed by atoms with van der Waals surface area (Å²) in [6, 6.07) is 15.4. The van der Waals surface area contributed by atoms with Gasteiger partial charge in [-0.3, -0.25) is 9.59 Å². The lowest BCUT2D eigenvalue weighted by molar-refractivity contribution is -0.146. The third-order valence-corrected chi connectivity index (χ3v) is 4.52. The number of nitrogens with two attached hydrogens (primary N) is 1. The van der Waals surface area contributed by atoms with E-state index in [1.54, 1.807) is 0 Å². The standard InChI is InChI=1S/C20H22N2O4.ClH/c1-25-19(23)11-22-10-18(21)20(24)26-12-17-15-8-4-2-6-13(15)14-7-3-5-9-16(14)17;/h2-9,17-18,22H,10-12,21H2,1H3;1H. The third kappa shape index (κ3) is 4.66. The number of carbonyl (C=O) groups excluding carboxylic acids is 2. The van der Waals surface area contributed by atoms with E-state index in [1.807, 2.05) is 24.3 Å². The average molecular weight is 391 g/mol. The van der Waals surface area contributed by atoms with E-state index in [-0.39, 0.29) is 38.0 Å². The van der Waals surface area contributed by atoms with E-state index in [9.17, 15) is 9.59 Å². The summed E-state index contributed by atoms with van der Waals surface area (Å²) in [4.78, 5) is 23.2. The van der Waals surface area contributed by atoms with Crippen molar-refractivity contribution in [2.45, 2.75) is 12.0 Å². The molecule has 0 amide bonds. The first kappa shape index (κ1) is 20.9. The highest BCUT2D eigenvalue weighted by atomic mass is 35.5. The zero-order valence-electron chi connectivity index (χ0n) is 15.0. The number of nitrogens with one attached hydrogen (secondary N) is 1. The monoisotopic (exact) mass is 390 g/mol. The number of hydrogen-bond donors (Lipinski definition) is 2. The van der Waals surface area contributed by atoms with Gasteiger partial charge in [-0.1, -0.05) is 48.5 Å². The molecule has 7 heteroatoms. The lowest BCUT2D eigenvalue weighted by Crippen LogP contribution is -2.43. The lowest BCUT2D eigenvalue weighted by atomic mass is 9.98. The summed E-state index contributed by atoms with van der Waals surface area (Å²) in [5, 5.41) is 2.78. The Kier molecular flexibility index (Phi) is 7.36. The van der Waals surface area contributed by atoms with Crippen LogP contribution in [0.4, 0.5) is 0 Å². The van der Waals surface area contributed by atoms with Gasteiger partial charge < -0.3 is 20.5 Å². The highest BCUT2D eigenvalue weighted by Gasteiger charge is 2.29. The Morgan fingerprint density at radius 2 is 1.63 bits per heavy atom. The minimum Gasteiger partial charge on any atom is -0.468 e. The molecule has 1 aliphatic carbocycles. The number of benzene rings is 2. The van der Waals surface area contributed by atoms with Crippen molar-refractivity contribution in [3.63, 3.8) is 0 Å². The Balaban J connectivity index is 0.00000261. The topological polar surface area (TPSA) is 90.6 Å². The van der Waals surface area contributed by atoms with Gasteiger partial charge in [-0.2, -0.15) is 0 Å². The van der Waals surface area contributed by atoms with Crippen LogP contribution in [0.1, 0.15) is 17.0 Å². The number of ether oxygens (including phenoxy) is 2. The van der Waals surface area contributed by atoms with Crippen molar-refractivity contribution in [1.82, 2.24) is 5.32 Å². The average Bonchev–Trinajstić information content (AvgIpc) is 2.99. The fourth-order valence-corrected chi connectivity index (χ4v) is 3.20. The zero-order valence-corrected chi connectivity index (χ0v) is 15.8. The van der Waals surface area contributed by atoms with Crippen molar-refractivity contribution in [2.24, 2.45) is 5.73 Å². The SMILES string of the molecule is COC(=O)CNCC(N)C(=O)OCC1c2ccccc2-c2ccccc21.Cl. The van der Waals surface area contributed by atoms with Gasteiger partial charge in [0.1, 0.15) is 12.6 Å². The molecule has 0 spiro atoms. The van der Waals surface area contributed by atoms with Crippen molar-refractivity contribution in [3.8, 4) is 11.1 Å². The van der Waals surface area contributed by atoms with E-state index < -0.39 is 18.0 Å². The molecule has 0 saturated heterocycles. The van der Waals surface area contributed by atoms with Gasteiger partial charge in [0.15, 0.2) is 0 Å². The summed E-state index contributed by atoms with van der Waals surface area (Å²) >= 11 is 0. The fraction of sp³-hybridized carbons (Fsp3) is 0.300. The molecule has 0 fully saturated rings. The maximum atomic E-state index is 12.2. The first-order valence-electron chi connectivity index (χ1n) is 8.49. The number of rotatable bonds is 7. The van der Waals surface area contributed by atoms with E-state index in [0.717, 1.165) is 11.1 Å². The smallest absolute Gasteiger partial charge is 0.324 e. The number of esters is 2. The molecule has 1 atom stereocenters. The molecule has 27 heavy (non-hydrogen) atoms. The normalized spacial score (nSPS) is 13.1. The first-order chi connectivity index (χ1) is 12.6. The summed E-state index contributed by atoms with van der Waals surface area (Å²) in [6.07, 6.45) is 0. The van der Waals surface area contributed by atoms with Crippen LogP contribution < -0.4 is 11.1 Å². The second kappa shape index (κ2) is 9.50. The van der Waals surface area contributed by atoms with Gasteiger partial charge in [-0.15, -0.1) is 12.4 Å². The minimum atomic E-state index is -0.841. The van der Waals surface area contributed by atoms with Gasteiger partial charge in [0.05, 0.1) is 13.7 Å². The molecule has 3 N–H and O–H groups in total. The molecule has 3 rings (SSSR count). The Bertz CT molecular complexity index is 767. The first-order valence-corrected chi connectivity index (χ1v) is 8.49. The van der Waals surface area contributed by atoms with Crippen LogP contribution in [0.3, 0.4) is 0 Å². The van der Waals surface area contributed by atoms with E-state index in [4.69, 9.17) is 10.5 Å². The number of halogens is 1. The molecule has 0 saturated carbocycles. The van der Waals surface area contributed by atoms with Gasteiger partial charge in [0, 0.05) is 12.5 Å². The number of methoxy groups -OCH3 is 1. The van der Waals surface area contributed by atoms with Crippen LogP contribution in [-0.2, 0) is 19.1 Å². The van der Waals surface area contributed by atoms with Gasteiger partial charge in [0.2, 0.25) is 0 Å². The van der Waals surface area contributed by atoms with Crippen LogP contribution in [0.2, 0.25) is 0 Å². The largest absolute Gasteiger partial charge is 0.468 e. The Labute approximate surface area is 164 Å². The van der Waals surface area contributed by atoms with Crippen LogP contribution in [0, 0.1) is 0 Å². The van der Waals surface area contributed by atoms with Crippen LogP contribution in [0.5, 0.6) is 0 Å². The molecular weight excluding hydrogens is 368 g/mol. The third-order valence-electron chi connectivity index (χ3n) is 4.52. The highest BCUT2D eigenvalue weighted by Crippen LogP contribution is 2.44. The quantitative estimate of drug-likeness (QED) is 0.701. The maximum absolute atomic E-state index is 12.2. The van der Waals surface area contributed by atoms with Gasteiger partial charge in [-0.25, -0.2) is 0 Å². The van der Waals surface area contributed by atoms with E-state index in [1.165, 1.54) is 18.2 Å². The zero-order chi connectivity index (χ0) is 18.5. The summed E-state index contributed by atoms with van der Waals surface area (Å²) in [5.41, 5.74) is 10.5. The van der Waals surface area contributed by atoms with Crippen molar-refractivity contribution in [3.05, 3.63) is 59.7 Å². The molecule has 144 valence electrons. The predicted molar refractivity (Wildman–Crippen MR) is 105 cm³/mol. The molecule has 0 radical (unpaired) electrons. The molecule has 0 bridgehead atoms. The lowest BCUT2D eigenvalue weighted by Gasteiger charge is -2.16. The number of carbonyl (C=O) groups is 2. The molecule has 0 heterocycles. The summed E-state index contributed by atoms with van der Waals surface area (Å²) in [5.74, 6) is -0.907. The molecule has 6 nitrogen and oxygen atoms in total. The number of hydrogen-bond acceptors (Lipinski definition) is 6. The molecule has 1 unspecified atom stereocenters. The van der Waals surface area contributed by atoms with Crippen molar-refractivity contribution >= 4 is 24.3 Å². The predicted octanol–water partition coefficient (Wildman–Crippen LogP) is 1.85. The molecule has 2 aromatic carbocycles. The minimum absolute atomic E-state index is 0. The van der Waals surface area contributed by atoms with Crippen molar-refractivity contribution < 1.29 is 19.1 Å². The van der Waals surface area contributed by atoms with E-state index in [0.29, 0.717) is 0 Å².